The molecule has 0 bridgehead atoms. The first-order valence-electron chi connectivity index (χ1n) is 4.46. The third kappa shape index (κ3) is 2.57. The summed E-state index contributed by atoms with van der Waals surface area (Å²) in [7, 11) is 1.39. The number of ether oxygens (including phenoxy) is 1. The lowest BCUT2D eigenvalue weighted by Gasteiger charge is -2.33. The van der Waals surface area contributed by atoms with Gasteiger partial charge in [0.05, 0.1) is 19.8 Å². The van der Waals surface area contributed by atoms with Crippen LogP contribution in [0.5, 0.6) is 0 Å². The number of nitrogens with zero attached hydrogens (tertiary/aromatic N) is 1. The van der Waals surface area contributed by atoms with E-state index in [4.69, 9.17) is 5.90 Å². The summed E-state index contributed by atoms with van der Waals surface area (Å²) in [5.74, 6) is 4.98. The quantitative estimate of drug-likeness (QED) is 0.641. The first-order valence-corrected chi connectivity index (χ1v) is 4.46. The van der Waals surface area contributed by atoms with Gasteiger partial charge in [0.25, 0.3) is 0 Å². The molecule has 0 aliphatic carbocycles. The van der Waals surface area contributed by atoms with Crippen LogP contribution in [-0.2, 0) is 9.57 Å². The zero-order valence-electron chi connectivity index (χ0n) is 7.86. The molecule has 0 aromatic heterocycles. The van der Waals surface area contributed by atoms with Gasteiger partial charge in [-0.2, -0.15) is 0 Å². The Labute approximate surface area is 77.7 Å². The fraction of sp³-hybridized carbons (Fsp3) is 0.875. The first kappa shape index (κ1) is 10.3. The Kier molecular flexibility index (Phi) is 3.98. The standard InChI is InChI=1S/C8H16N2O3/c1-12-8(11)10-5-3-2-4-7(10)6-13-9/h7H,2-6,9H2,1H3. The van der Waals surface area contributed by atoms with Gasteiger partial charge in [0.1, 0.15) is 0 Å². The van der Waals surface area contributed by atoms with Crippen molar-refractivity contribution in [1.29, 1.82) is 0 Å². The molecular weight excluding hydrogens is 172 g/mol. The molecule has 1 amide bonds. The summed E-state index contributed by atoms with van der Waals surface area (Å²) in [6.07, 6.45) is 2.78. The van der Waals surface area contributed by atoms with E-state index >= 15 is 0 Å². The van der Waals surface area contributed by atoms with Gasteiger partial charge in [-0.1, -0.05) is 0 Å². The van der Waals surface area contributed by atoms with Gasteiger partial charge in [0, 0.05) is 6.54 Å². The molecule has 1 rings (SSSR count). The summed E-state index contributed by atoms with van der Waals surface area (Å²) < 4.78 is 4.66. The van der Waals surface area contributed by atoms with E-state index in [9.17, 15) is 4.79 Å². The van der Waals surface area contributed by atoms with E-state index in [-0.39, 0.29) is 12.1 Å². The van der Waals surface area contributed by atoms with Crippen molar-refractivity contribution in [2.45, 2.75) is 25.3 Å². The Morgan fingerprint density at radius 3 is 3.00 bits per heavy atom. The number of likely N-dealkylation sites (tertiary alicyclic amines) is 1. The van der Waals surface area contributed by atoms with E-state index < -0.39 is 0 Å². The number of carbonyl (C=O) groups excluding carboxylic acids is 1. The van der Waals surface area contributed by atoms with Gasteiger partial charge in [0.2, 0.25) is 0 Å². The van der Waals surface area contributed by atoms with Crippen LogP contribution in [0, 0.1) is 0 Å². The molecule has 1 atom stereocenters. The molecule has 2 N–H and O–H groups in total. The van der Waals surface area contributed by atoms with Crippen molar-refractivity contribution in [3.63, 3.8) is 0 Å². The molecule has 5 nitrogen and oxygen atoms in total. The van der Waals surface area contributed by atoms with Crippen LogP contribution in [0.2, 0.25) is 0 Å². The monoisotopic (exact) mass is 188 g/mol. The van der Waals surface area contributed by atoms with Crippen LogP contribution >= 0.6 is 0 Å². The lowest BCUT2D eigenvalue weighted by atomic mass is 10.0. The molecule has 0 saturated carbocycles. The zero-order valence-corrected chi connectivity index (χ0v) is 7.86. The van der Waals surface area contributed by atoms with Gasteiger partial charge in [-0.25, -0.2) is 10.7 Å². The van der Waals surface area contributed by atoms with Gasteiger partial charge in [-0.15, -0.1) is 0 Å². The highest BCUT2D eigenvalue weighted by molar-refractivity contribution is 5.67. The van der Waals surface area contributed by atoms with E-state index in [2.05, 4.69) is 9.57 Å². The fourth-order valence-corrected chi connectivity index (χ4v) is 1.64. The maximum atomic E-state index is 11.3. The summed E-state index contributed by atoms with van der Waals surface area (Å²) >= 11 is 0. The molecule has 1 aliphatic heterocycles. The normalized spacial score (nSPS) is 22.9. The van der Waals surface area contributed by atoms with Crippen molar-refractivity contribution in [2.24, 2.45) is 5.90 Å². The minimum Gasteiger partial charge on any atom is -0.453 e. The summed E-state index contributed by atoms with van der Waals surface area (Å²) in [5, 5.41) is 0. The number of methoxy groups -OCH3 is 1. The largest absolute Gasteiger partial charge is 0.453 e. The predicted molar refractivity (Wildman–Crippen MR) is 46.9 cm³/mol. The van der Waals surface area contributed by atoms with Crippen LogP contribution in [0.1, 0.15) is 19.3 Å². The number of amides is 1. The van der Waals surface area contributed by atoms with Crippen molar-refractivity contribution in [3.05, 3.63) is 0 Å². The van der Waals surface area contributed by atoms with Gasteiger partial charge >= 0.3 is 6.09 Å². The lowest BCUT2D eigenvalue weighted by molar-refractivity contribution is 0.0350. The van der Waals surface area contributed by atoms with Crippen molar-refractivity contribution in [1.82, 2.24) is 4.90 Å². The van der Waals surface area contributed by atoms with Crippen LogP contribution in [-0.4, -0.2) is 37.3 Å². The molecule has 0 spiro atoms. The van der Waals surface area contributed by atoms with Gasteiger partial charge in [0.15, 0.2) is 0 Å². The molecule has 1 unspecified atom stereocenters. The zero-order chi connectivity index (χ0) is 9.68. The molecule has 13 heavy (non-hydrogen) atoms. The number of piperidine rings is 1. The molecule has 1 fully saturated rings. The second-order valence-corrected chi connectivity index (χ2v) is 3.15. The second-order valence-electron chi connectivity index (χ2n) is 3.15. The number of hydrogen-bond acceptors (Lipinski definition) is 4. The van der Waals surface area contributed by atoms with Crippen molar-refractivity contribution in [3.8, 4) is 0 Å². The molecule has 0 radical (unpaired) electrons. The smallest absolute Gasteiger partial charge is 0.409 e. The summed E-state index contributed by atoms with van der Waals surface area (Å²) in [4.78, 5) is 17.5. The van der Waals surface area contributed by atoms with Crippen LogP contribution in [0.4, 0.5) is 4.79 Å². The Balaban J connectivity index is 2.50. The van der Waals surface area contributed by atoms with Crippen LogP contribution < -0.4 is 5.90 Å². The third-order valence-corrected chi connectivity index (χ3v) is 2.32. The van der Waals surface area contributed by atoms with Crippen molar-refractivity contribution >= 4 is 6.09 Å². The Hall–Kier alpha value is -0.810. The minimum absolute atomic E-state index is 0.0752. The van der Waals surface area contributed by atoms with Crippen molar-refractivity contribution < 1.29 is 14.4 Å². The molecule has 1 saturated heterocycles. The molecular formula is C8H16N2O3. The third-order valence-electron chi connectivity index (χ3n) is 2.32. The number of carbonyl (C=O) groups is 1. The Morgan fingerprint density at radius 2 is 2.38 bits per heavy atom. The van der Waals surface area contributed by atoms with Gasteiger partial charge in [-0.05, 0) is 19.3 Å². The number of rotatable bonds is 2. The van der Waals surface area contributed by atoms with Gasteiger partial charge in [-0.3, -0.25) is 0 Å². The highest BCUT2D eigenvalue weighted by Crippen LogP contribution is 2.17. The van der Waals surface area contributed by atoms with Crippen LogP contribution in [0.15, 0.2) is 0 Å². The second kappa shape index (κ2) is 5.04. The van der Waals surface area contributed by atoms with Crippen LogP contribution in [0.3, 0.4) is 0 Å². The Bertz CT molecular complexity index is 173. The molecule has 1 aliphatic rings. The first-order chi connectivity index (χ1) is 6.29. The van der Waals surface area contributed by atoms with Crippen molar-refractivity contribution in [2.75, 3.05) is 20.3 Å². The summed E-state index contributed by atoms with van der Waals surface area (Å²) in [6.45, 7) is 1.12. The maximum Gasteiger partial charge on any atom is 0.409 e. The topological polar surface area (TPSA) is 64.8 Å². The highest BCUT2D eigenvalue weighted by atomic mass is 16.6. The van der Waals surface area contributed by atoms with E-state index in [0.717, 1.165) is 25.8 Å². The predicted octanol–water partition coefficient (Wildman–Crippen LogP) is 0.498. The molecule has 1 heterocycles. The number of hydrogen-bond donors (Lipinski definition) is 1. The van der Waals surface area contributed by atoms with Crippen LogP contribution in [0.25, 0.3) is 0 Å². The van der Waals surface area contributed by atoms with E-state index in [1.54, 1.807) is 4.90 Å². The summed E-state index contributed by atoms with van der Waals surface area (Å²) in [6, 6.07) is 0.0752. The average molecular weight is 188 g/mol. The summed E-state index contributed by atoms with van der Waals surface area (Å²) in [5.41, 5.74) is 0. The average Bonchev–Trinajstić information content (AvgIpc) is 2.18. The molecule has 5 heteroatoms. The molecule has 76 valence electrons. The highest BCUT2D eigenvalue weighted by Gasteiger charge is 2.27. The molecule has 0 aromatic rings. The van der Waals surface area contributed by atoms with E-state index in [0.29, 0.717) is 6.61 Å². The van der Waals surface area contributed by atoms with E-state index in [1.807, 2.05) is 0 Å². The van der Waals surface area contributed by atoms with E-state index in [1.165, 1.54) is 7.11 Å². The van der Waals surface area contributed by atoms with Gasteiger partial charge < -0.3 is 14.5 Å². The lowest BCUT2D eigenvalue weighted by Crippen LogP contribution is -2.46. The maximum absolute atomic E-state index is 11.3. The SMILES string of the molecule is COC(=O)N1CCCCC1CON. The number of nitrogens with two attached hydrogens (primary N) is 1. The minimum atomic E-state index is -0.290. The fourth-order valence-electron chi connectivity index (χ4n) is 1.64. The molecule has 0 aromatic carbocycles. The Morgan fingerprint density at radius 1 is 1.62 bits per heavy atom.